The molecule has 1 amide bonds. The Balaban J connectivity index is 1.63. The Bertz CT molecular complexity index is 1230. The number of nitro benzene ring substituents is 1. The van der Waals surface area contributed by atoms with E-state index in [0.29, 0.717) is 27.7 Å². The third-order valence-electron chi connectivity index (χ3n) is 4.53. The monoisotopic (exact) mass is 406 g/mol. The number of benzene rings is 3. The summed E-state index contributed by atoms with van der Waals surface area (Å²) in [5, 5.41) is 14.1. The summed E-state index contributed by atoms with van der Waals surface area (Å²) in [7, 11) is 0. The van der Waals surface area contributed by atoms with Gasteiger partial charge in [0.15, 0.2) is 0 Å². The first kappa shape index (κ1) is 18.6. The van der Waals surface area contributed by atoms with Crippen LogP contribution in [0.25, 0.3) is 22.4 Å². The molecule has 4 aromatic rings. The van der Waals surface area contributed by atoms with Gasteiger partial charge in [0.25, 0.3) is 11.6 Å². The number of halogens is 1. The molecule has 0 radical (unpaired) electrons. The van der Waals surface area contributed by atoms with E-state index in [4.69, 9.17) is 11.6 Å². The zero-order valence-corrected chi connectivity index (χ0v) is 16.0. The maximum Gasteiger partial charge on any atom is 0.272 e. The molecule has 0 fully saturated rings. The predicted octanol–water partition coefficient (Wildman–Crippen LogP) is 5.35. The van der Waals surface area contributed by atoms with Gasteiger partial charge in [-0.3, -0.25) is 14.9 Å². The molecule has 0 unspecified atom stereocenters. The topological polar surface area (TPSA) is 101 Å². The van der Waals surface area contributed by atoms with E-state index in [1.807, 2.05) is 30.3 Å². The number of hydrogen-bond donors (Lipinski definition) is 2. The average molecular weight is 407 g/mol. The molecule has 0 aliphatic heterocycles. The lowest BCUT2D eigenvalue weighted by Gasteiger charge is -2.09. The largest absolute Gasteiger partial charge is 0.338 e. The second kappa shape index (κ2) is 7.37. The number of anilines is 1. The second-order valence-electron chi connectivity index (χ2n) is 6.51. The minimum absolute atomic E-state index is 0.0357. The van der Waals surface area contributed by atoms with Crippen LogP contribution < -0.4 is 5.32 Å². The summed E-state index contributed by atoms with van der Waals surface area (Å²) in [6.07, 6.45) is 0. The minimum Gasteiger partial charge on any atom is -0.338 e. The van der Waals surface area contributed by atoms with Crippen LogP contribution in [0, 0.1) is 17.0 Å². The van der Waals surface area contributed by atoms with Gasteiger partial charge < -0.3 is 10.3 Å². The van der Waals surface area contributed by atoms with E-state index in [0.717, 1.165) is 16.6 Å². The van der Waals surface area contributed by atoms with Gasteiger partial charge in [0.05, 0.1) is 26.7 Å². The predicted molar refractivity (Wildman–Crippen MR) is 112 cm³/mol. The summed E-state index contributed by atoms with van der Waals surface area (Å²) >= 11 is 6.26. The number of nitro groups is 1. The highest BCUT2D eigenvalue weighted by molar-refractivity contribution is 6.34. The number of carbonyl (C=O) groups excluding carboxylic acids is 1. The Morgan fingerprint density at radius 2 is 1.93 bits per heavy atom. The lowest BCUT2D eigenvalue weighted by atomic mass is 10.1. The molecule has 3 aromatic carbocycles. The molecule has 0 saturated carbocycles. The summed E-state index contributed by atoms with van der Waals surface area (Å²) in [5.74, 6) is 0.246. The van der Waals surface area contributed by atoms with Gasteiger partial charge in [0.1, 0.15) is 5.82 Å². The lowest BCUT2D eigenvalue weighted by molar-refractivity contribution is -0.385. The number of H-pyrrole nitrogens is 1. The van der Waals surface area contributed by atoms with Crippen LogP contribution in [0.5, 0.6) is 0 Å². The van der Waals surface area contributed by atoms with E-state index in [2.05, 4.69) is 15.3 Å². The zero-order valence-electron chi connectivity index (χ0n) is 15.3. The molecule has 0 aliphatic carbocycles. The number of aromatic amines is 1. The van der Waals surface area contributed by atoms with Crippen molar-refractivity contribution in [3.05, 3.63) is 86.9 Å². The van der Waals surface area contributed by atoms with Gasteiger partial charge in [0.2, 0.25) is 0 Å². The van der Waals surface area contributed by atoms with E-state index in [1.165, 1.54) is 18.2 Å². The number of rotatable bonds is 4. The molecule has 0 atom stereocenters. The van der Waals surface area contributed by atoms with Gasteiger partial charge in [-0.15, -0.1) is 0 Å². The Labute approximate surface area is 170 Å². The number of fused-ring (bicyclic) bond motifs is 1. The van der Waals surface area contributed by atoms with Crippen molar-refractivity contribution in [3.63, 3.8) is 0 Å². The highest BCUT2D eigenvalue weighted by Crippen LogP contribution is 2.29. The second-order valence-corrected chi connectivity index (χ2v) is 6.92. The van der Waals surface area contributed by atoms with E-state index >= 15 is 0 Å². The fourth-order valence-electron chi connectivity index (χ4n) is 3.05. The van der Waals surface area contributed by atoms with Gasteiger partial charge in [-0.1, -0.05) is 23.7 Å². The Morgan fingerprint density at radius 1 is 1.14 bits per heavy atom. The molecule has 7 nitrogen and oxygen atoms in total. The molecule has 0 bridgehead atoms. The van der Waals surface area contributed by atoms with Crippen LogP contribution in [0.4, 0.5) is 11.4 Å². The molecule has 1 heterocycles. The molecule has 0 saturated heterocycles. The zero-order chi connectivity index (χ0) is 20.5. The van der Waals surface area contributed by atoms with Crippen molar-refractivity contribution in [1.29, 1.82) is 0 Å². The summed E-state index contributed by atoms with van der Waals surface area (Å²) in [6, 6.07) is 17.1. The quantitative estimate of drug-likeness (QED) is 0.352. The van der Waals surface area contributed by atoms with Gasteiger partial charge in [-0.2, -0.15) is 0 Å². The van der Waals surface area contributed by atoms with E-state index in [1.54, 1.807) is 19.1 Å². The van der Waals surface area contributed by atoms with Crippen molar-refractivity contribution in [2.45, 2.75) is 6.92 Å². The number of aromatic nitrogens is 2. The number of imidazole rings is 1. The number of para-hydroxylation sites is 2. The third kappa shape index (κ3) is 3.68. The maximum absolute atomic E-state index is 12.6. The average Bonchev–Trinajstić information content (AvgIpc) is 3.13. The standard InChI is InChI=1S/C21H15ClN4O3/c1-12-10-14(7-9-19(12)26(28)29)21(27)25-18-11-13(6-8-15(18)22)20-23-16-4-2-3-5-17(16)24-20/h2-11H,1H3,(H,23,24)(H,25,27). The molecule has 0 aliphatic rings. The SMILES string of the molecule is Cc1cc(C(=O)Nc2cc(-c3nc4ccccc4[nH]3)ccc2Cl)ccc1[N+](=O)[O-]. The highest BCUT2D eigenvalue weighted by Gasteiger charge is 2.15. The van der Waals surface area contributed by atoms with Crippen molar-refractivity contribution < 1.29 is 9.72 Å². The van der Waals surface area contributed by atoms with Crippen LogP contribution in [0.1, 0.15) is 15.9 Å². The smallest absolute Gasteiger partial charge is 0.272 e. The van der Waals surface area contributed by atoms with Crippen LogP contribution in [-0.4, -0.2) is 20.8 Å². The molecular weight excluding hydrogens is 392 g/mol. The molecule has 2 N–H and O–H groups in total. The summed E-state index contributed by atoms with van der Waals surface area (Å²) < 4.78 is 0. The number of aryl methyl sites for hydroxylation is 1. The maximum atomic E-state index is 12.6. The molecule has 1 aromatic heterocycles. The third-order valence-corrected chi connectivity index (χ3v) is 4.86. The van der Waals surface area contributed by atoms with E-state index in [9.17, 15) is 14.9 Å². The van der Waals surface area contributed by atoms with Crippen LogP contribution in [-0.2, 0) is 0 Å². The highest BCUT2D eigenvalue weighted by atomic mass is 35.5. The molecule has 144 valence electrons. The van der Waals surface area contributed by atoms with E-state index < -0.39 is 10.8 Å². The molecular formula is C21H15ClN4O3. The first-order chi connectivity index (χ1) is 13.9. The van der Waals surface area contributed by atoms with Gasteiger partial charge >= 0.3 is 0 Å². The van der Waals surface area contributed by atoms with Crippen LogP contribution >= 0.6 is 11.6 Å². The van der Waals surface area contributed by atoms with E-state index in [-0.39, 0.29) is 5.69 Å². The number of amides is 1. The summed E-state index contributed by atoms with van der Waals surface area (Å²) in [5.41, 5.74) is 3.61. The number of hydrogen-bond acceptors (Lipinski definition) is 4. The molecule has 8 heteroatoms. The number of nitrogens with one attached hydrogen (secondary N) is 2. The van der Waals surface area contributed by atoms with Crippen molar-refractivity contribution in [1.82, 2.24) is 9.97 Å². The lowest BCUT2D eigenvalue weighted by Crippen LogP contribution is -2.12. The van der Waals surface area contributed by atoms with Crippen LogP contribution in [0.15, 0.2) is 60.7 Å². The Morgan fingerprint density at radius 3 is 2.66 bits per heavy atom. The first-order valence-corrected chi connectivity index (χ1v) is 9.11. The summed E-state index contributed by atoms with van der Waals surface area (Å²) in [6.45, 7) is 1.59. The first-order valence-electron chi connectivity index (χ1n) is 8.73. The Hall–Kier alpha value is -3.71. The fraction of sp³-hybridized carbons (Fsp3) is 0.0476. The van der Waals surface area contributed by atoms with Crippen molar-refractivity contribution in [2.24, 2.45) is 0 Å². The summed E-state index contributed by atoms with van der Waals surface area (Å²) in [4.78, 5) is 30.9. The normalized spacial score (nSPS) is 10.8. The number of carbonyl (C=O) groups is 1. The molecule has 29 heavy (non-hydrogen) atoms. The van der Waals surface area contributed by atoms with Gasteiger partial charge in [-0.05, 0) is 49.4 Å². The Kier molecular flexibility index (Phi) is 4.74. The van der Waals surface area contributed by atoms with Gasteiger partial charge in [0, 0.05) is 22.8 Å². The van der Waals surface area contributed by atoms with Gasteiger partial charge in [-0.25, -0.2) is 4.98 Å². The van der Waals surface area contributed by atoms with Crippen molar-refractivity contribution >= 4 is 39.9 Å². The van der Waals surface area contributed by atoms with Crippen LogP contribution in [0.2, 0.25) is 5.02 Å². The molecule has 4 rings (SSSR count). The van der Waals surface area contributed by atoms with Crippen molar-refractivity contribution in [2.75, 3.05) is 5.32 Å². The van der Waals surface area contributed by atoms with Crippen molar-refractivity contribution in [3.8, 4) is 11.4 Å². The number of nitrogens with zero attached hydrogens (tertiary/aromatic N) is 2. The molecule has 0 spiro atoms. The van der Waals surface area contributed by atoms with Crippen LogP contribution in [0.3, 0.4) is 0 Å². The minimum atomic E-state index is -0.481. The fourth-order valence-corrected chi connectivity index (χ4v) is 3.22.